The lowest BCUT2D eigenvalue weighted by Crippen LogP contribution is -2.50. The molecule has 0 aromatic carbocycles. The van der Waals surface area contributed by atoms with E-state index in [1.807, 2.05) is 11.6 Å². The van der Waals surface area contributed by atoms with Gasteiger partial charge in [0.25, 0.3) is 0 Å². The van der Waals surface area contributed by atoms with E-state index in [2.05, 4.69) is 46.4 Å². The SMILES string of the molecule is CCNC(=NCC(C)N1CCOCC1C)NC1CCCn2nc(C)nc21.I. The van der Waals surface area contributed by atoms with E-state index in [1.54, 1.807) is 0 Å². The predicted molar refractivity (Wildman–Crippen MR) is 118 cm³/mol. The van der Waals surface area contributed by atoms with E-state index in [9.17, 15) is 0 Å². The minimum Gasteiger partial charge on any atom is -0.379 e. The maximum atomic E-state index is 5.54. The number of rotatable bonds is 5. The molecule has 2 aliphatic rings. The van der Waals surface area contributed by atoms with Gasteiger partial charge in [-0.25, -0.2) is 9.67 Å². The number of nitrogens with one attached hydrogen (secondary N) is 2. The number of aliphatic imine (C=N–C) groups is 1. The van der Waals surface area contributed by atoms with Crippen LogP contribution in [0.3, 0.4) is 0 Å². The topological polar surface area (TPSA) is 79.6 Å². The van der Waals surface area contributed by atoms with Crippen molar-refractivity contribution in [1.82, 2.24) is 30.3 Å². The summed E-state index contributed by atoms with van der Waals surface area (Å²) in [5.41, 5.74) is 0. The van der Waals surface area contributed by atoms with Crippen molar-refractivity contribution >= 4 is 29.9 Å². The Morgan fingerprint density at radius 3 is 2.96 bits per heavy atom. The van der Waals surface area contributed by atoms with Gasteiger partial charge < -0.3 is 15.4 Å². The van der Waals surface area contributed by atoms with Gasteiger partial charge in [-0.3, -0.25) is 9.89 Å². The first-order valence-electron chi connectivity index (χ1n) is 9.88. The molecule has 3 rings (SSSR count). The van der Waals surface area contributed by atoms with Gasteiger partial charge in [-0.2, -0.15) is 5.10 Å². The Balaban J connectivity index is 0.00000261. The van der Waals surface area contributed by atoms with E-state index >= 15 is 0 Å². The molecule has 9 heteroatoms. The second kappa shape index (κ2) is 10.6. The first-order valence-corrected chi connectivity index (χ1v) is 9.88. The van der Waals surface area contributed by atoms with Crippen LogP contribution in [0, 0.1) is 6.92 Å². The van der Waals surface area contributed by atoms with Gasteiger partial charge in [0.15, 0.2) is 5.96 Å². The third-order valence-corrected chi connectivity index (χ3v) is 5.13. The van der Waals surface area contributed by atoms with E-state index in [-0.39, 0.29) is 30.0 Å². The van der Waals surface area contributed by atoms with E-state index in [4.69, 9.17) is 9.73 Å². The Morgan fingerprint density at radius 2 is 2.22 bits per heavy atom. The molecule has 0 bridgehead atoms. The molecule has 154 valence electrons. The first kappa shape index (κ1) is 22.4. The number of nitrogens with zero attached hydrogens (tertiary/aromatic N) is 5. The maximum Gasteiger partial charge on any atom is 0.191 e. The molecule has 8 nitrogen and oxygen atoms in total. The van der Waals surface area contributed by atoms with Crippen molar-refractivity contribution in [2.45, 2.75) is 65.2 Å². The summed E-state index contributed by atoms with van der Waals surface area (Å²) in [5.74, 6) is 2.72. The molecule has 1 fully saturated rings. The van der Waals surface area contributed by atoms with Crippen LogP contribution in [-0.2, 0) is 11.3 Å². The Labute approximate surface area is 179 Å². The summed E-state index contributed by atoms with van der Waals surface area (Å²) in [5, 5.41) is 11.4. The summed E-state index contributed by atoms with van der Waals surface area (Å²) in [6, 6.07) is 1.01. The van der Waals surface area contributed by atoms with Gasteiger partial charge in [0.2, 0.25) is 0 Å². The molecule has 0 spiro atoms. The zero-order chi connectivity index (χ0) is 18.5. The molecule has 27 heavy (non-hydrogen) atoms. The van der Waals surface area contributed by atoms with Crippen molar-refractivity contribution in [3.05, 3.63) is 11.6 Å². The second-order valence-electron chi connectivity index (χ2n) is 7.31. The number of fused-ring (bicyclic) bond motifs is 1. The summed E-state index contributed by atoms with van der Waals surface area (Å²) in [6.45, 7) is 13.7. The van der Waals surface area contributed by atoms with Gasteiger partial charge in [0.05, 0.1) is 25.8 Å². The number of hydrogen-bond acceptors (Lipinski definition) is 5. The minimum atomic E-state index is 0. The molecule has 3 unspecified atom stereocenters. The highest BCUT2D eigenvalue weighted by atomic mass is 127. The minimum absolute atomic E-state index is 0. The molecule has 1 aromatic heterocycles. The molecule has 3 heterocycles. The molecular weight excluding hydrogens is 457 g/mol. The average Bonchev–Trinajstić information content (AvgIpc) is 3.01. The average molecular weight is 491 g/mol. The van der Waals surface area contributed by atoms with Gasteiger partial charge in [-0.05, 0) is 40.5 Å². The van der Waals surface area contributed by atoms with Crippen LogP contribution in [0.25, 0.3) is 0 Å². The molecule has 0 radical (unpaired) electrons. The zero-order valence-electron chi connectivity index (χ0n) is 16.9. The van der Waals surface area contributed by atoms with Crippen molar-refractivity contribution < 1.29 is 4.74 Å². The number of morpholine rings is 1. The quantitative estimate of drug-likeness (QED) is 0.371. The normalized spacial score (nSPS) is 24.7. The van der Waals surface area contributed by atoms with Gasteiger partial charge in [0.1, 0.15) is 11.6 Å². The molecule has 1 aromatic rings. The lowest BCUT2D eigenvalue weighted by atomic mass is 10.1. The number of aryl methyl sites for hydroxylation is 2. The van der Waals surface area contributed by atoms with E-state index in [1.165, 1.54) is 0 Å². The molecule has 1 saturated heterocycles. The van der Waals surface area contributed by atoms with Crippen LogP contribution < -0.4 is 10.6 Å². The van der Waals surface area contributed by atoms with E-state index < -0.39 is 0 Å². The fourth-order valence-electron chi connectivity index (χ4n) is 3.81. The van der Waals surface area contributed by atoms with Crippen LogP contribution in [0.4, 0.5) is 0 Å². The lowest BCUT2D eigenvalue weighted by molar-refractivity contribution is -0.0165. The molecular formula is C18H34IN7O. The molecule has 0 saturated carbocycles. The van der Waals surface area contributed by atoms with Crippen LogP contribution in [0.1, 0.15) is 51.3 Å². The summed E-state index contributed by atoms with van der Waals surface area (Å²) in [7, 11) is 0. The van der Waals surface area contributed by atoms with Crippen molar-refractivity contribution in [1.29, 1.82) is 0 Å². The molecule has 0 aliphatic carbocycles. The Kier molecular flexibility index (Phi) is 8.74. The molecule has 3 atom stereocenters. The number of ether oxygens (including phenoxy) is 1. The third kappa shape index (κ3) is 5.77. The zero-order valence-corrected chi connectivity index (χ0v) is 19.3. The Hall–Kier alpha value is -0.940. The van der Waals surface area contributed by atoms with Crippen molar-refractivity contribution in [3.63, 3.8) is 0 Å². The Bertz CT molecular complexity index is 621. The van der Waals surface area contributed by atoms with Crippen LogP contribution in [0.2, 0.25) is 0 Å². The third-order valence-electron chi connectivity index (χ3n) is 5.13. The summed E-state index contributed by atoms with van der Waals surface area (Å²) >= 11 is 0. The first-order chi connectivity index (χ1) is 12.6. The second-order valence-corrected chi connectivity index (χ2v) is 7.31. The van der Waals surface area contributed by atoms with Crippen LogP contribution in [0.5, 0.6) is 0 Å². The molecule has 2 aliphatic heterocycles. The number of halogens is 1. The van der Waals surface area contributed by atoms with Crippen molar-refractivity contribution in [2.24, 2.45) is 4.99 Å². The fraction of sp³-hybridized carbons (Fsp3) is 0.833. The summed E-state index contributed by atoms with van der Waals surface area (Å²) < 4.78 is 7.57. The van der Waals surface area contributed by atoms with Gasteiger partial charge in [-0.1, -0.05) is 0 Å². The summed E-state index contributed by atoms with van der Waals surface area (Å²) in [6.07, 6.45) is 2.16. The van der Waals surface area contributed by atoms with Crippen LogP contribution in [0.15, 0.2) is 4.99 Å². The number of aromatic nitrogens is 3. The highest BCUT2D eigenvalue weighted by Gasteiger charge is 2.25. The smallest absolute Gasteiger partial charge is 0.191 e. The molecule has 2 N–H and O–H groups in total. The number of guanidine groups is 1. The maximum absolute atomic E-state index is 5.54. The largest absolute Gasteiger partial charge is 0.379 e. The lowest BCUT2D eigenvalue weighted by Gasteiger charge is -2.37. The van der Waals surface area contributed by atoms with Gasteiger partial charge >= 0.3 is 0 Å². The highest BCUT2D eigenvalue weighted by molar-refractivity contribution is 14.0. The monoisotopic (exact) mass is 491 g/mol. The molecule has 0 amide bonds. The summed E-state index contributed by atoms with van der Waals surface area (Å²) in [4.78, 5) is 11.9. The van der Waals surface area contributed by atoms with Crippen LogP contribution in [-0.4, -0.2) is 70.6 Å². The standard InChI is InChI=1S/C18H33N7O.HI/c1-5-19-18(20-11-13(2)24-9-10-26-12-14(24)3)22-16-7-6-8-25-17(16)21-15(4)23-25;/h13-14,16H,5-12H2,1-4H3,(H2,19,20,22);1H. The van der Waals surface area contributed by atoms with Crippen molar-refractivity contribution in [3.8, 4) is 0 Å². The number of hydrogen-bond donors (Lipinski definition) is 2. The van der Waals surface area contributed by atoms with E-state index in [0.717, 1.165) is 69.8 Å². The Morgan fingerprint density at radius 1 is 1.41 bits per heavy atom. The van der Waals surface area contributed by atoms with Gasteiger partial charge in [-0.15, -0.1) is 24.0 Å². The van der Waals surface area contributed by atoms with Crippen molar-refractivity contribution in [2.75, 3.05) is 32.8 Å². The highest BCUT2D eigenvalue weighted by Crippen LogP contribution is 2.22. The van der Waals surface area contributed by atoms with Crippen LogP contribution >= 0.6 is 24.0 Å². The van der Waals surface area contributed by atoms with E-state index in [0.29, 0.717) is 12.1 Å². The fourth-order valence-corrected chi connectivity index (χ4v) is 3.81. The van der Waals surface area contributed by atoms with Gasteiger partial charge in [0, 0.05) is 31.7 Å². The predicted octanol–water partition coefficient (Wildman–Crippen LogP) is 1.70.